The van der Waals surface area contributed by atoms with Crippen LogP contribution in [0.4, 0.5) is 0 Å². The van der Waals surface area contributed by atoms with Crippen LogP contribution in [0.5, 0.6) is 11.5 Å². The number of carbonyl (C=O) groups is 7. The van der Waals surface area contributed by atoms with E-state index in [0.717, 1.165) is 37.7 Å². The number of nitrogens with zero attached hydrogens (tertiary/aromatic N) is 9. The van der Waals surface area contributed by atoms with Gasteiger partial charge in [-0.1, -0.05) is 19.9 Å². The summed E-state index contributed by atoms with van der Waals surface area (Å²) in [6.45, 7) is 7.08. The predicted octanol–water partition coefficient (Wildman–Crippen LogP) is -0.597. The third-order valence-corrected chi connectivity index (χ3v) is 17.0. The summed E-state index contributed by atoms with van der Waals surface area (Å²) in [5.41, 5.74) is 1.56. The molecule has 3 amide bonds. The summed E-state index contributed by atoms with van der Waals surface area (Å²) < 4.78 is 13.3. The van der Waals surface area contributed by atoms with Crippen molar-refractivity contribution in [1.29, 1.82) is 0 Å². The van der Waals surface area contributed by atoms with Crippen molar-refractivity contribution in [3.05, 3.63) is 59.3 Å². The van der Waals surface area contributed by atoms with E-state index in [2.05, 4.69) is 10.2 Å². The monoisotopic (exact) mass is 1300 g/mol. The van der Waals surface area contributed by atoms with Crippen molar-refractivity contribution >= 4 is 41.6 Å². The molecule has 2 N–H and O–H groups in total. The van der Waals surface area contributed by atoms with E-state index in [-0.39, 0.29) is 131 Å². The molecule has 1 aliphatic heterocycles. The Hall–Kier alpha value is -5.43. The van der Waals surface area contributed by atoms with Crippen molar-refractivity contribution in [2.24, 2.45) is 23.7 Å². The minimum atomic E-state index is -1.38. The molecule has 4 bridgehead atoms. The molecular weight excluding hydrogens is 1220 g/mol. The maximum atomic E-state index is 14.5. The molecule has 2 aromatic carbocycles. The van der Waals surface area contributed by atoms with Gasteiger partial charge in [0.1, 0.15) is 17.0 Å². The number of carboxylic acid groups (broad SMARTS) is 4. The second-order valence-electron chi connectivity index (χ2n) is 23.0. The van der Waals surface area contributed by atoms with Gasteiger partial charge in [0.15, 0.2) is 5.69 Å². The number of aliphatic carboxylic acids is 4. The summed E-state index contributed by atoms with van der Waals surface area (Å²) >= 11 is 0. The average molecular weight is 1300 g/mol. The fraction of sp³-hybridized carbons (Fsp3) is 0.621. The Labute approximate surface area is 510 Å². The van der Waals surface area contributed by atoms with Gasteiger partial charge in [0.05, 0.1) is 55.6 Å². The Morgan fingerprint density at radius 3 is 1.57 bits per heavy atom. The van der Waals surface area contributed by atoms with Crippen LogP contribution in [0.15, 0.2) is 42.5 Å². The Balaban J connectivity index is 0.0000108. The normalized spacial score (nSPS) is 21.7. The molecular formula is C58H81LuN10O13. The molecule has 3 aromatic rings. The number of aromatic nitrogens is 2. The smallest absolute Gasteiger partial charge is 0.549 e. The van der Waals surface area contributed by atoms with Gasteiger partial charge in [0, 0.05) is 105 Å². The first-order valence-electron chi connectivity index (χ1n) is 28.3. The van der Waals surface area contributed by atoms with E-state index in [1.54, 1.807) is 87.8 Å². The molecule has 0 spiro atoms. The number of rotatable bonds is 25. The zero-order valence-corrected chi connectivity index (χ0v) is 50.0. The molecule has 2 heterocycles. The molecule has 23 nitrogen and oxygen atoms in total. The van der Waals surface area contributed by atoms with Gasteiger partial charge in [-0.05, 0) is 137 Å². The van der Waals surface area contributed by atoms with Crippen LogP contribution in [0.3, 0.4) is 0 Å². The van der Waals surface area contributed by atoms with E-state index in [1.807, 2.05) is 37.9 Å². The first-order valence-corrected chi connectivity index (χ1v) is 28.3. The van der Waals surface area contributed by atoms with Gasteiger partial charge in [-0.15, -0.1) is 0 Å². The first kappa shape index (κ1) is 65.7. The van der Waals surface area contributed by atoms with Crippen molar-refractivity contribution in [3.8, 4) is 28.4 Å². The average Bonchev–Trinajstić information content (AvgIpc) is 3.14. The maximum absolute atomic E-state index is 14.5. The Bertz CT molecular complexity index is 2660. The van der Waals surface area contributed by atoms with E-state index >= 15 is 0 Å². The Morgan fingerprint density at radius 2 is 1.13 bits per heavy atom. The minimum Gasteiger partial charge on any atom is -0.549 e. The van der Waals surface area contributed by atoms with Gasteiger partial charge in [-0.3, -0.25) is 34.0 Å². The topological polar surface area (TPSA) is 280 Å². The van der Waals surface area contributed by atoms with Crippen LogP contribution in [0.1, 0.15) is 91.1 Å². The molecule has 1 saturated heterocycles. The molecule has 8 rings (SSSR count). The molecule has 4 saturated carbocycles. The number of methoxy groups -OCH3 is 2. The molecule has 1 aromatic heterocycles. The van der Waals surface area contributed by atoms with E-state index in [4.69, 9.17) is 14.6 Å². The van der Waals surface area contributed by atoms with Crippen LogP contribution in [0.2, 0.25) is 0 Å². The molecule has 0 unspecified atom stereocenters. The number of ether oxygens (including phenoxy) is 2. The minimum absolute atomic E-state index is 0. The summed E-state index contributed by atoms with van der Waals surface area (Å²) in [6, 6.07) is 12.5. The van der Waals surface area contributed by atoms with Crippen molar-refractivity contribution in [3.63, 3.8) is 0 Å². The second kappa shape index (κ2) is 29.9. The SMILES string of the molecule is COc1cccc(OC)c1-c1cc(C(=O)NC2(C(=O)O)C3CC4CC(C3)CC2C4)nn1-c1ccc(C(=O)N(C)CCCN(C)CCCN(C)C(=O)CN2CCN(CC(=O)[O-])CCN(CC(=O)[O-])CCN(CC(=O)[O-])CC2)cc1C(C)C.[177Lu+3]. The first-order chi connectivity index (χ1) is 38.6. The molecule has 456 valence electrons. The number of nitrogens with one attached hydrogen (secondary N) is 1. The number of hydrogen-bond donors (Lipinski definition) is 2. The van der Waals surface area contributed by atoms with E-state index in [1.165, 1.54) is 0 Å². The number of benzene rings is 2. The standard InChI is InChI=1S/C58H84N10O13.Lu/c1-38(2)44-32-41(13-14-46(44)68-47(54-48(80-6)11-8-12-49(54)81-7)33-45(60-68)55(76)59-58(57(78)79)42-28-39-27-40(30-42)31-43(58)29-39)56(77)63(5)18-10-16-61(3)15-9-17-62(4)50(69)34-64-19-21-65(35-51(70)71)23-25-67(37-53(74)75)26-24-66(22-20-64)36-52(72)73;/h8,11-14,32-33,38-40,42-43H,9-10,15-31,34-37H2,1-7H3,(H,59,76)(H,70,71)(H,72,73)(H,74,75)(H,78,79);/q;+3/p-3/i;1+2. The second-order valence-corrected chi connectivity index (χ2v) is 23.0. The van der Waals surface area contributed by atoms with Crippen molar-refractivity contribution in [2.75, 3.05) is 140 Å². The van der Waals surface area contributed by atoms with Crippen LogP contribution in [-0.2, 0) is 24.0 Å². The number of carbonyl (C=O) groups excluding carboxylic acids is 6. The van der Waals surface area contributed by atoms with E-state index in [0.29, 0.717) is 98.0 Å². The third-order valence-electron chi connectivity index (χ3n) is 17.0. The summed E-state index contributed by atoms with van der Waals surface area (Å²) in [5.74, 6) is -4.29. The molecule has 82 heavy (non-hydrogen) atoms. The zero-order valence-electron chi connectivity index (χ0n) is 48.3. The predicted molar refractivity (Wildman–Crippen MR) is 293 cm³/mol. The van der Waals surface area contributed by atoms with Gasteiger partial charge in [-0.2, -0.15) is 5.10 Å². The number of likely N-dealkylation sites (N-methyl/N-ethyl adjacent to an activating group) is 1. The maximum Gasteiger partial charge on any atom is 3.00 e. The zero-order chi connectivity index (χ0) is 58.7. The molecule has 5 fully saturated rings. The van der Waals surface area contributed by atoms with Crippen LogP contribution in [0.25, 0.3) is 16.9 Å². The van der Waals surface area contributed by atoms with Gasteiger partial charge in [0.25, 0.3) is 11.8 Å². The van der Waals surface area contributed by atoms with Gasteiger partial charge in [0.2, 0.25) is 5.91 Å². The Morgan fingerprint density at radius 1 is 0.671 bits per heavy atom. The van der Waals surface area contributed by atoms with Crippen LogP contribution >= 0.6 is 0 Å². The summed E-state index contributed by atoms with van der Waals surface area (Å²) in [5, 5.41) is 53.4. The van der Waals surface area contributed by atoms with Crippen LogP contribution < -0.4 is 30.1 Å². The number of amides is 3. The van der Waals surface area contributed by atoms with Gasteiger partial charge < -0.3 is 64.3 Å². The Kier molecular flexibility index (Phi) is 24.0. The van der Waals surface area contributed by atoms with Crippen LogP contribution in [-0.4, -0.2) is 236 Å². The summed E-state index contributed by atoms with van der Waals surface area (Å²) in [7, 11) is 8.55. The van der Waals surface area contributed by atoms with Crippen LogP contribution in [0, 0.1) is 60.5 Å². The molecule has 5 aliphatic rings. The fourth-order valence-electron chi connectivity index (χ4n) is 12.9. The fourth-order valence-corrected chi connectivity index (χ4v) is 12.9. The summed E-state index contributed by atoms with van der Waals surface area (Å²) in [4.78, 5) is 102. The van der Waals surface area contributed by atoms with E-state index in [9.17, 15) is 54.0 Å². The molecule has 0 atom stereocenters. The van der Waals surface area contributed by atoms with Gasteiger partial charge >= 0.3 is 42.8 Å². The molecule has 0 radical (unpaired) electrons. The van der Waals surface area contributed by atoms with E-state index < -0.39 is 41.9 Å². The summed E-state index contributed by atoms with van der Waals surface area (Å²) in [6.07, 6.45) is 5.58. The van der Waals surface area contributed by atoms with Crippen molar-refractivity contribution in [2.45, 2.75) is 70.3 Å². The van der Waals surface area contributed by atoms with Gasteiger partial charge in [-0.25, -0.2) is 9.48 Å². The number of hydrogen-bond acceptors (Lipinski definition) is 18. The third kappa shape index (κ3) is 16.5. The molecule has 24 heteroatoms. The van der Waals surface area contributed by atoms with Crippen molar-refractivity contribution < 1.29 is 100 Å². The molecule has 4 aliphatic carbocycles. The number of carboxylic acids is 4. The quantitative estimate of drug-likeness (QED) is 0.107. The van der Waals surface area contributed by atoms with Crippen molar-refractivity contribution in [1.82, 2.24) is 49.4 Å². The largest absolute Gasteiger partial charge is 3.00 e.